The molecule has 0 aromatic carbocycles. The molecule has 0 aliphatic carbocycles. The van der Waals surface area contributed by atoms with Crippen LogP contribution < -0.4 is 0 Å². The normalized spacial score (nSPS) is 12.4. The molecular weight excluding hydrogens is 925 g/mol. The number of ether oxygens (including phenoxy) is 3. The van der Waals surface area contributed by atoms with E-state index in [1.165, 1.54) is 199 Å². The number of hydrogen-bond donors (Lipinski definition) is 0. The molecule has 0 aliphatic rings. The molecular formula is C69H124O6. The Morgan fingerprint density at radius 1 is 0.280 bits per heavy atom. The van der Waals surface area contributed by atoms with Crippen molar-refractivity contribution in [2.75, 3.05) is 13.2 Å². The van der Waals surface area contributed by atoms with Crippen molar-refractivity contribution in [3.63, 3.8) is 0 Å². The van der Waals surface area contributed by atoms with E-state index < -0.39 is 6.10 Å². The van der Waals surface area contributed by atoms with Crippen molar-refractivity contribution >= 4 is 17.9 Å². The van der Waals surface area contributed by atoms with E-state index in [0.717, 1.165) is 103 Å². The molecule has 0 aromatic rings. The minimum absolute atomic E-state index is 0.0813. The van der Waals surface area contributed by atoms with Crippen LogP contribution in [-0.4, -0.2) is 37.2 Å². The van der Waals surface area contributed by atoms with Gasteiger partial charge in [-0.2, -0.15) is 0 Å². The number of carbonyl (C=O) groups excluding carboxylic acids is 3. The van der Waals surface area contributed by atoms with Gasteiger partial charge in [0, 0.05) is 19.3 Å². The first-order valence-electron chi connectivity index (χ1n) is 32.8. The summed E-state index contributed by atoms with van der Waals surface area (Å²) in [5.41, 5.74) is 0. The Morgan fingerprint density at radius 2 is 0.533 bits per heavy atom. The lowest BCUT2D eigenvalue weighted by Crippen LogP contribution is -2.30. The van der Waals surface area contributed by atoms with Crippen molar-refractivity contribution in [1.29, 1.82) is 0 Å². The van der Waals surface area contributed by atoms with Crippen LogP contribution in [0.4, 0.5) is 0 Å². The second-order valence-electron chi connectivity index (χ2n) is 22.0. The van der Waals surface area contributed by atoms with Crippen LogP contribution >= 0.6 is 0 Å². The van der Waals surface area contributed by atoms with Gasteiger partial charge in [0.15, 0.2) is 6.10 Å². The van der Waals surface area contributed by atoms with Crippen molar-refractivity contribution in [3.05, 3.63) is 60.8 Å². The third-order valence-corrected chi connectivity index (χ3v) is 14.5. The minimum atomic E-state index is -0.785. The molecule has 0 spiro atoms. The van der Waals surface area contributed by atoms with E-state index in [4.69, 9.17) is 14.2 Å². The molecule has 0 saturated carbocycles. The Bertz CT molecular complexity index is 1340. The molecule has 75 heavy (non-hydrogen) atoms. The summed E-state index contributed by atoms with van der Waals surface area (Å²) in [7, 11) is 0. The molecule has 0 amide bonds. The summed E-state index contributed by atoms with van der Waals surface area (Å²) in [6, 6.07) is 0. The molecule has 0 aliphatic heterocycles. The topological polar surface area (TPSA) is 78.9 Å². The Labute approximate surface area is 466 Å². The van der Waals surface area contributed by atoms with E-state index in [-0.39, 0.29) is 31.1 Å². The highest BCUT2D eigenvalue weighted by atomic mass is 16.6. The quantitative estimate of drug-likeness (QED) is 0.0261. The van der Waals surface area contributed by atoms with Gasteiger partial charge < -0.3 is 14.2 Å². The predicted molar refractivity (Wildman–Crippen MR) is 325 cm³/mol. The summed E-state index contributed by atoms with van der Waals surface area (Å²) in [5.74, 6) is -0.894. The Morgan fingerprint density at radius 3 is 0.867 bits per heavy atom. The lowest BCUT2D eigenvalue weighted by atomic mass is 10.0. The van der Waals surface area contributed by atoms with Crippen molar-refractivity contribution in [2.24, 2.45) is 0 Å². The summed E-state index contributed by atoms with van der Waals surface area (Å²) < 4.78 is 16.9. The van der Waals surface area contributed by atoms with Gasteiger partial charge in [-0.15, -0.1) is 0 Å². The molecule has 436 valence electrons. The van der Waals surface area contributed by atoms with Gasteiger partial charge in [0.2, 0.25) is 0 Å². The second-order valence-corrected chi connectivity index (χ2v) is 22.0. The SMILES string of the molecule is CC/C=C\C/C=C\C/C=C\CCCCCCCC(=O)OC(COC(=O)CCCCCCC/C=C\CCCC)COC(=O)CCCCCCCCCCCCCCCCCCCCC/C=C\CCCCCCCCCC. The van der Waals surface area contributed by atoms with Gasteiger partial charge >= 0.3 is 17.9 Å². The zero-order valence-electron chi connectivity index (χ0n) is 50.1. The van der Waals surface area contributed by atoms with Crippen molar-refractivity contribution < 1.29 is 28.6 Å². The molecule has 0 N–H and O–H groups in total. The molecule has 0 bridgehead atoms. The van der Waals surface area contributed by atoms with Crippen LogP contribution in [0.25, 0.3) is 0 Å². The number of carbonyl (C=O) groups is 3. The van der Waals surface area contributed by atoms with Crippen molar-refractivity contribution in [1.82, 2.24) is 0 Å². The number of allylic oxidation sites excluding steroid dienone is 10. The van der Waals surface area contributed by atoms with Gasteiger partial charge in [-0.25, -0.2) is 0 Å². The van der Waals surface area contributed by atoms with Crippen LogP contribution in [0, 0.1) is 0 Å². The lowest BCUT2D eigenvalue weighted by Gasteiger charge is -2.18. The van der Waals surface area contributed by atoms with Crippen LogP contribution in [0.1, 0.15) is 342 Å². The average molecular weight is 1050 g/mol. The fraction of sp³-hybridized carbons (Fsp3) is 0.812. The van der Waals surface area contributed by atoms with Crippen molar-refractivity contribution in [3.8, 4) is 0 Å². The molecule has 6 nitrogen and oxygen atoms in total. The first-order chi connectivity index (χ1) is 37.0. The van der Waals surface area contributed by atoms with Gasteiger partial charge in [-0.05, 0) is 96.3 Å². The van der Waals surface area contributed by atoms with Crippen LogP contribution in [0.5, 0.6) is 0 Å². The Hall–Kier alpha value is -2.89. The predicted octanol–water partition coefficient (Wildman–Crippen LogP) is 22.3. The number of rotatable bonds is 60. The molecule has 0 rings (SSSR count). The highest BCUT2D eigenvalue weighted by molar-refractivity contribution is 5.71. The molecule has 6 heteroatoms. The summed E-state index contributed by atoms with van der Waals surface area (Å²) in [5, 5.41) is 0. The highest BCUT2D eigenvalue weighted by Gasteiger charge is 2.19. The summed E-state index contributed by atoms with van der Waals surface area (Å²) >= 11 is 0. The largest absolute Gasteiger partial charge is 0.462 e. The Kier molecular flexibility index (Phi) is 61.2. The molecule has 0 saturated heterocycles. The molecule has 1 unspecified atom stereocenters. The summed E-state index contributed by atoms with van der Waals surface area (Å²) in [6.45, 7) is 6.50. The first-order valence-corrected chi connectivity index (χ1v) is 32.8. The van der Waals surface area contributed by atoms with E-state index in [9.17, 15) is 14.4 Å². The monoisotopic (exact) mass is 1050 g/mol. The third-order valence-electron chi connectivity index (χ3n) is 14.5. The number of unbranched alkanes of at least 4 members (excludes halogenated alkanes) is 39. The van der Waals surface area contributed by atoms with Crippen LogP contribution in [0.15, 0.2) is 60.8 Å². The third kappa shape index (κ3) is 61.8. The zero-order chi connectivity index (χ0) is 54.3. The smallest absolute Gasteiger partial charge is 0.306 e. The highest BCUT2D eigenvalue weighted by Crippen LogP contribution is 2.17. The molecule has 0 aromatic heterocycles. The van der Waals surface area contributed by atoms with E-state index in [1.54, 1.807) is 0 Å². The molecule has 0 heterocycles. The van der Waals surface area contributed by atoms with Crippen LogP contribution in [0.2, 0.25) is 0 Å². The van der Waals surface area contributed by atoms with E-state index >= 15 is 0 Å². The molecule has 0 radical (unpaired) electrons. The average Bonchev–Trinajstić information content (AvgIpc) is 3.41. The minimum Gasteiger partial charge on any atom is -0.462 e. The van der Waals surface area contributed by atoms with Crippen molar-refractivity contribution in [2.45, 2.75) is 348 Å². The maximum absolute atomic E-state index is 12.9. The maximum Gasteiger partial charge on any atom is 0.306 e. The standard InChI is InChI=1S/C69H124O6/c1-4-7-10-13-16-19-22-24-26-27-28-29-30-31-32-33-34-35-36-37-38-39-40-41-43-44-47-50-53-56-59-62-68(71)74-65-66(64-73-67(70)61-58-55-52-49-46-21-18-15-12-9-6-3)75-69(72)63-60-57-54-51-48-45-42-25-23-20-17-14-11-8-5-2/h8,11,15,17-18,20,25,27-28,42,66H,4-7,9-10,12-14,16,19,21-24,26,29-41,43-65H2,1-3H3/b11-8-,18-15-,20-17-,28-27-,42-25-. The second kappa shape index (κ2) is 63.6. The van der Waals surface area contributed by atoms with E-state index in [1.807, 2.05) is 0 Å². The fourth-order valence-electron chi connectivity index (χ4n) is 9.55. The Balaban J connectivity index is 4.10. The summed E-state index contributed by atoms with van der Waals surface area (Å²) in [6.07, 6.45) is 81.2. The summed E-state index contributed by atoms with van der Waals surface area (Å²) in [4.78, 5) is 38.2. The van der Waals surface area contributed by atoms with Gasteiger partial charge in [-0.1, -0.05) is 287 Å². The lowest BCUT2D eigenvalue weighted by molar-refractivity contribution is -0.167. The van der Waals surface area contributed by atoms with Crippen LogP contribution in [-0.2, 0) is 28.6 Å². The fourth-order valence-corrected chi connectivity index (χ4v) is 9.55. The van der Waals surface area contributed by atoms with E-state index in [0.29, 0.717) is 19.3 Å². The first kappa shape index (κ1) is 72.1. The maximum atomic E-state index is 12.9. The van der Waals surface area contributed by atoms with Gasteiger partial charge in [0.25, 0.3) is 0 Å². The van der Waals surface area contributed by atoms with Gasteiger partial charge in [0.1, 0.15) is 13.2 Å². The zero-order valence-corrected chi connectivity index (χ0v) is 50.1. The number of esters is 3. The molecule has 1 atom stereocenters. The molecule has 0 fully saturated rings. The van der Waals surface area contributed by atoms with Gasteiger partial charge in [0.05, 0.1) is 0 Å². The van der Waals surface area contributed by atoms with Gasteiger partial charge in [-0.3, -0.25) is 14.4 Å². The van der Waals surface area contributed by atoms with Crippen LogP contribution in [0.3, 0.4) is 0 Å². The number of hydrogen-bond acceptors (Lipinski definition) is 6. The van der Waals surface area contributed by atoms with E-state index in [2.05, 4.69) is 81.5 Å².